The summed E-state index contributed by atoms with van der Waals surface area (Å²) in [4.78, 5) is 5.47. The molecule has 0 unspecified atom stereocenters. The Hall–Kier alpha value is -7.72. The molecule has 6 rings (SSSR count). The van der Waals surface area contributed by atoms with Crippen molar-refractivity contribution in [3.63, 3.8) is 0 Å². The third kappa shape index (κ3) is 12.9. The van der Waals surface area contributed by atoms with Gasteiger partial charge in [0, 0.05) is 11.8 Å². The van der Waals surface area contributed by atoms with Crippen LogP contribution in [0.15, 0.2) is 146 Å². The number of nitro groups is 1. The van der Waals surface area contributed by atoms with Crippen LogP contribution in [0.2, 0.25) is 0 Å². The van der Waals surface area contributed by atoms with Gasteiger partial charge in [-0.1, -0.05) is 0 Å². The number of rotatable bonds is 18. The van der Waals surface area contributed by atoms with E-state index in [4.69, 9.17) is 21.8 Å². The van der Waals surface area contributed by atoms with E-state index in [0.717, 1.165) is 36.4 Å². The molecule has 0 spiro atoms. The number of benzene rings is 6. The van der Waals surface area contributed by atoms with E-state index in [1.807, 2.05) is 0 Å². The summed E-state index contributed by atoms with van der Waals surface area (Å²) >= 11 is 0. The van der Waals surface area contributed by atoms with Gasteiger partial charge in [-0.2, -0.15) is 43.9 Å². The number of phenolic OH excluding ortho intramolecular Hbond substituents is 1. The maximum absolute atomic E-state index is 13.2. The molecule has 0 saturated heterocycles. The highest BCUT2D eigenvalue weighted by Crippen LogP contribution is 2.48. The topological polar surface area (TPSA) is 523 Å². The van der Waals surface area contributed by atoms with Crippen LogP contribution in [0, 0.1) is 10.1 Å². The normalized spacial score (nSPS) is 13.1. The highest BCUT2D eigenvalue weighted by molar-refractivity contribution is 7.92. The van der Waals surface area contributed by atoms with Crippen molar-refractivity contribution in [1.82, 2.24) is 0 Å². The summed E-state index contributed by atoms with van der Waals surface area (Å²) in [6.45, 7) is -1.14. The number of nitrogens with one attached hydrogen (secondary N) is 1. The van der Waals surface area contributed by atoms with Crippen molar-refractivity contribution in [1.29, 1.82) is 0 Å². The van der Waals surface area contributed by atoms with Gasteiger partial charge in [0.25, 0.3) is 46.1 Å². The van der Waals surface area contributed by atoms with Crippen molar-refractivity contribution in [2.75, 3.05) is 34.3 Å². The van der Waals surface area contributed by atoms with Crippen LogP contribution >= 0.6 is 0 Å². The smallest absolute Gasteiger partial charge is 0.397 e. The standard InChI is InChI=1S/C36H31N11O20S6/c37-24-16-25(38)28(47(49)50)17-27(24)43-40-19-1-3-21(4-2-19)46-69(53,54)22-7-5-20(6-8-22)41-44-34-30(71(58,59)60)13-18-14-31(72(61,62)63)35(36(48)32(18)33(34)39)45-42-26-10-9-23(15-29(26)70(55,56)57)68(51,52)12-11-67-73(64,65)66/h1-10,13-17,46,48H,11-12,37-39H2,(H,55,56,57)(H,58,59,60)(H,61,62,63)(H,64,65,66). The van der Waals surface area contributed by atoms with E-state index >= 15 is 0 Å². The Morgan fingerprint density at radius 3 is 1.63 bits per heavy atom. The molecule has 0 amide bonds. The lowest BCUT2D eigenvalue weighted by Crippen LogP contribution is -2.16. The maximum atomic E-state index is 13.2. The third-order valence-corrected chi connectivity index (χ3v) is 15.6. The fourth-order valence-electron chi connectivity index (χ4n) is 6.13. The second-order valence-electron chi connectivity index (χ2n) is 14.4. The van der Waals surface area contributed by atoms with Gasteiger partial charge in [-0.25, -0.2) is 21.0 Å². The quantitative estimate of drug-likeness (QED) is 0.0167. The van der Waals surface area contributed by atoms with Gasteiger partial charge >= 0.3 is 10.4 Å². The molecule has 0 radical (unpaired) electrons. The molecule has 12 N–H and O–H groups in total. The molecular formula is C36H31N11O20S6. The van der Waals surface area contributed by atoms with Crippen LogP contribution in [0.5, 0.6) is 5.75 Å². The molecule has 6 aromatic rings. The third-order valence-electron chi connectivity index (χ3n) is 9.46. The number of nitrogens with zero attached hydrogens (tertiary/aromatic N) is 7. The number of sulfone groups is 1. The monoisotopic (exact) mass is 1130 g/mol. The lowest BCUT2D eigenvalue weighted by molar-refractivity contribution is -0.383. The second kappa shape index (κ2) is 20.1. The first-order valence-electron chi connectivity index (χ1n) is 19.0. The van der Waals surface area contributed by atoms with Crippen molar-refractivity contribution in [2.24, 2.45) is 30.7 Å². The summed E-state index contributed by atoms with van der Waals surface area (Å²) in [5, 5.41) is 43.7. The van der Waals surface area contributed by atoms with Crippen LogP contribution < -0.4 is 21.9 Å². The Balaban J connectivity index is 1.31. The van der Waals surface area contributed by atoms with Gasteiger partial charge in [0.2, 0.25) is 0 Å². The molecule has 0 saturated carbocycles. The van der Waals surface area contributed by atoms with E-state index in [9.17, 15) is 79.4 Å². The van der Waals surface area contributed by atoms with E-state index in [0.29, 0.717) is 30.3 Å². The lowest BCUT2D eigenvalue weighted by Gasteiger charge is -2.14. The first-order chi connectivity index (χ1) is 33.7. The Kier molecular flexibility index (Phi) is 15.0. The Morgan fingerprint density at radius 2 is 1.08 bits per heavy atom. The van der Waals surface area contributed by atoms with Crippen molar-refractivity contribution >= 4 is 134 Å². The van der Waals surface area contributed by atoms with Gasteiger partial charge in [-0.3, -0.25) is 33.0 Å². The summed E-state index contributed by atoms with van der Waals surface area (Å²) in [5.41, 5.74) is 13.1. The van der Waals surface area contributed by atoms with Crippen molar-refractivity contribution in [3.05, 3.63) is 101 Å². The number of azo groups is 3. The van der Waals surface area contributed by atoms with Crippen molar-refractivity contribution in [3.8, 4) is 5.75 Å². The number of anilines is 4. The largest absolute Gasteiger partial charge is 0.505 e. The Morgan fingerprint density at radius 1 is 0.575 bits per heavy atom. The van der Waals surface area contributed by atoms with Crippen LogP contribution in [0.3, 0.4) is 0 Å². The van der Waals surface area contributed by atoms with E-state index in [2.05, 4.69) is 39.6 Å². The second-order valence-corrected chi connectivity index (χ2v) is 23.5. The van der Waals surface area contributed by atoms with Crippen LogP contribution in [-0.4, -0.2) is 91.1 Å². The van der Waals surface area contributed by atoms with Crippen LogP contribution in [0.1, 0.15) is 0 Å². The number of sulfonamides is 1. The lowest BCUT2D eigenvalue weighted by atomic mass is 10.1. The van der Waals surface area contributed by atoms with E-state index in [1.54, 1.807) is 0 Å². The number of nitrogen functional groups attached to an aromatic ring is 3. The molecule has 0 bridgehead atoms. The summed E-state index contributed by atoms with van der Waals surface area (Å²) < 4.78 is 194. The zero-order valence-corrected chi connectivity index (χ0v) is 40.6. The summed E-state index contributed by atoms with van der Waals surface area (Å²) in [6.07, 6.45) is 0. The minimum atomic E-state index is -5.51. The van der Waals surface area contributed by atoms with Crippen molar-refractivity contribution in [2.45, 2.75) is 24.5 Å². The highest BCUT2D eigenvalue weighted by atomic mass is 32.3. The fourth-order valence-corrected chi connectivity index (χ4v) is 10.8. The first kappa shape index (κ1) is 54.6. The predicted molar refractivity (Wildman–Crippen MR) is 254 cm³/mol. The Labute approximate surface area is 411 Å². The molecule has 0 heterocycles. The molecule has 0 aliphatic rings. The van der Waals surface area contributed by atoms with Gasteiger partial charge in [0.1, 0.15) is 43.1 Å². The van der Waals surface area contributed by atoms with Gasteiger partial charge in [-0.05, 0) is 90.3 Å². The molecule has 0 aliphatic heterocycles. The number of hydrogen-bond donors (Lipinski definition) is 9. The molecule has 0 aliphatic carbocycles. The van der Waals surface area contributed by atoms with Gasteiger partial charge in [0.05, 0.1) is 55.2 Å². The summed E-state index contributed by atoms with van der Waals surface area (Å²) in [7, 11) is -30.3. The molecule has 0 fully saturated rings. The number of nitro benzene ring substituents is 1. The van der Waals surface area contributed by atoms with Crippen LogP contribution in [0.25, 0.3) is 10.8 Å². The van der Waals surface area contributed by atoms with E-state index in [-0.39, 0.29) is 39.0 Å². The average Bonchev–Trinajstić information content (AvgIpc) is 3.26. The maximum Gasteiger partial charge on any atom is 0.397 e. The summed E-state index contributed by atoms with van der Waals surface area (Å²) in [5.74, 6) is -2.48. The molecule has 386 valence electrons. The number of fused-ring (bicyclic) bond motifs is 1. The van der Waals surface area contributed by atoms with E-state index < -0.39 is 142 Å². The SMILES string of the molecule is Nc1cc(N)c([N+](=O)[O-])cc1N=Nc1ccc(NS(=O)(=O)c2ccc(N=Nc3c(S(=O)(=O)O)cc4cc(S(=O)(=O)O)c(N=Nc5ccc(S(=O)(=O)CCOS(=O)(=O)O)cc5S(=O)(=O)O)c(O)c4c3N)cc2)cc1. The number of hydrogen-bond acceptors (Lipinski definition) is 25. The molecule has 6 aromatic carbocycles. The van der Waals surface area contributed by atoms with Crippen molar-refractivity contribution < 1.29 is 82.9 Å². The van der Waals surface area contributed by atoms with Gasteiger partial charge in [0.15, 0.2) is 15.6 Å². The fraction of sp³-hybridized carbons (Fsp3) is 0.0556. The average molecular weight is 1130 g/mol. The van der Waals surface area contributed by atoms with E-state index in [1.165, 1.54) is 24.3 Å². The zero-order chi connectivity index (χ0) is 54.2. The zero-order valence-electron chi connectivity index (χ0n) is 35.7. The Bertz CT molecular complexity index is 4070. The number of phenols is 1. The molecule has 0 atom stereocenters. The van der Waals surface area contributed by atoms with Crippen LogP contribution in [0.4, 0.5) is 62.6 Å². The molecule has 31 nitrogen and oxygen atoms in total. The minimum Gasteiger partial charge on any atom is -0.505 e. The van der Waals surface area contributed by atoms with Crippen LogP contribution in [-0.2, 0) is 64.8 Å². The molecule has 73 heavy (non-hydrogen) atoms. The molecule has 37 heteroatoms. The minimum absolute atomic E-state index is 0.00267. The number of aromatic hydroxyl groups is 1. The van der Waals surface area contributed by atoms with Gasteiger partial charge in [-0.15, -0.1) is 20.5 Å². The highest BCUT2D eigenvalue weighted by Gasteiger charge is 2.29. The number of nitrogens with two attached hydrogens (primary N) is 3. The first-order valence-corrected chi connectivity index (χ1v) is 27.8. The molecular weight excluding hydrogens is 1100 g/mol. The summed E-state index contributed by atoms with van der Waals surface area (Å²) in [6, 6.07) is 14.4. The predicted octanol–water partition coefficient (Wildman–Crippen LogP) is 5.58. The molecule has 0 aromatic heterocycles. The van der Waals surface area contributed by atoms with Gasteiger partial charge < -0.3 is 22.3 Å².